The van der Waals surface area contributed by atoms with Crippen LogP contribution >= 0.6 is 11.6 Å². The van der Waals surface area contributed by atoms with E-state index in [1.165, 1.54) is 0 Å². The van der Waals surface area contributed by atoms with E-state index >= 15 is 0 Å². The van der Waals surface area contributed by atoms with Crippen molar-refractivity contribution in [2.75, 3.05) is 0 Å². The Labute approximate surface area is 105 Å². The Hall–Kier alpha value is -1.37. The monoisotopic (exact) mass is 248 g/mol. The van der Waals surface area contributed by atoms with E-state index in [4.69, 9.17) is 22.6 Å². The van der Waals surface area contributed by atoms with E-state index in [2.05, 4.69) is 0 Å². The van der Waals surface area contributed by atoms with Gasteiger partial charge in [0.15, 0.2) is 5.78 Å². The number of Topliss-reactive ketones (excluding diaryl/α,β-unsaturated/α-hetero) is 1. The van der Waals surface area contributed by atoms with Gasteiger partial charge in [0.1, 0.15) is 11.5 Å². The fourth-order valence-electron chi connectivity index (χ4n) is 2.36. The minimum atomic E-state index is -1.10. The van der Waals surface area contributed by atoms with Crippen molar-refractivity contribution in [1.29, 1.82) is 5.26 Å². The smallest absolute Gasteiger partial charge is 0.174 e. The van der Waals surface area contributed by atoms with Crippen LogP contribution in [0.25, 0.3) is 0 Å². The molecule has 0 bridgehead atoms. The summed E-state index contributed by atoms with van der Waals surface area (Å²) in [6.07, 6.45) is 1.91. The van der Waals surface area contributed by atoms with Crippen LogP contribution in [0.2, 0.25) is 5.02 Å². The largest absolute Gasteiger partial charge is 0.315 e. The molecule has 2 unspecified atom stereocenters. The molecule has 0 spiro atoms. The van der Waals surface area contributed by atoms with Crippen molar-refractivity contribution in [3.05, 3.63) is 34.9 Å². The highest BCUT2D eigenvalue weighted by molar-refractivity contribution is 6.31. The second kappa shape index (κ2) is 4.48. The topological polar surface area (TPSA) is 66.9 Å². The van der Waals surface area contributed by atoms with Crippen LogP contribution in [0.15, 0.2) is 24.3 Å². The van der Waals surface area contributed by atoms with Gasteiger partial charge < -0.3 is 5.73 Å². The Morgan fingerprint density at radius 3 is 2.82 bits per heavy atom. The predicted molar refractivity (Wildman–Crippen MR) is 65.3 cm³/mol. The van der Waals surface area contributed by atoms with Crippen LogP contribution in [0, 0.1) is 17.2 Å². The predicted octanol–water partition coefficient (Wildman–Crippen LogP) is 2.39. The molecular weight excluding hydrogens is 236 g/mol. The zero-order chi connectivity index (χ0) is 12.5. The Balaban J connectivity index is 2.46. The summed E-state index contributed by atoms with van der Waals surface area (Å²) < 4.78 is 0. The van der Waals surface area contributed by atoms with Gasteiger partial charge in [-0.05, 0) is 30.9 Å². The number of hydrogen-bond donors (Lipinski definition) is 1. The lowest BCUT2D eigenvalue weighted by Gasteiger charge is -2.34. The molecular formula is C13H13ClN2O. The van der Waals surface area contributed by atoms with Gasteiger partial charge in [-0.25, -0.2) is 0 Å². The Morgan fingerprint density at radius 2 is 2.18 bits per heavy atom. The summed E-state index contributed by atoms with van der Waals surface area (Å²) in [5.74, 6) is -0.815. The molecule has 0 radical (unpaired) electrons. The summed E-state index contributed by atoms with van der Waals surface area (Å²) in [5.41, 5.74) is 5.74. The van der Waals surface area contributed by atoms with E-state index in [0.717, 1.165) is 6.42 Å². The van der Waals surface area contributed by atoms with Gasteiger partial charge in [0.2, 0.25) is 0 Å². The number of nitrogens with zero attached hydrogens (tertiary/aromatic N) is 1. The SMILES string of the molecule is N#CC1CCCC(N)(c2ccccc2Cl)C1=O. The van der Waals surface area contributed by atoms with Gasteiger partial charge >= 0.3 is 0 Å². The van der Waals surface area contributed by atoms with Gasteiger partial charge in [0.05, 0.1) is 6.07 Å². The normalized spacial score (nSPS) is 28.8. The molecule has 4 heteroatoms. The van der Waals surface area contributed by atoms with E-state index < -0.39 is 11.5 Å². The lowest BCUT2D eigenvalue weighted by molar-refractivity contribution is -0.129. The highest BCUT2D eigenvalue weighted by atomic mass is 35.5. The third kappa shape index (κ3) is 1.95. The van der Waals surface area contributed by atoms with Gasteiger partial charge in [-0.15, -0.1) is 0 Å². The van der Waals surface area contributed by atoms with Crippen molar-refractivity contribution >= 4 is 17.4 Å². The molecule has 1 aromatic rings. The average Bonchev–Trinajstić information content (AvgIpc) is 2.33. The minimum Gasteiger partial charge on any atom is -0.315 e. The van der Waals surface area contributed by atoms with Crippen LogP contribution in [0.1, 0.15) is 24.8 Å². The molecule has 0 saturated heterocycles. The van der Waals surface area contributed by atoms with Crippen LogP contribution in [-0.2, 0) is 10.3 Å². The summed E-state index contributed by atoms with van der Waals surface area (Å²) in [6, 6.07) is 9.11. The second-order valence-corrected chi connectivity index (χ2v) is 4.80. The summed E-state index contributed by atoms with van der Waals surface area (Å²) in [4.78, 5) is 12.2. The third-order valence-corrected chi connectivity index (χ3v) is 3.66. The van der Waals surface area contributed by atoms with Crippen molar-refractivity contribution < 1.29 is 4.79 Å². The van der Waals surface area contributed by atoms with E-state index in [1.807, 2.05) is 6.07 Å². The maximum absolute atomic E-state index is 12.2. The lowest BCUT2D eigenvalue weighted by atomic mass is 9.72. The molecule has 0 heterocycles. The summed E-state index contributed by atoms with van der Waals surface area (Å²) in [5, 5.41) is 9.44. The Morgan fingerprint density at radius 1 is 1.47 bits per heavy atom. The molecule has 0 amide bonds. The Kier molecular flexibility index (Phi) is 3.19. The number of nitriles is 1. The average molecular weight is 249 g/mol. The molecule has 17 heavy (non-hydrogen) atoms. The van der Waals surface area contributed by atoms with Gasteiger partial charge in [-0.3, -0.25) is 4.79 Å². The van der Waals surface area contributed by atoms with Crippen molar-refractivity contribution in [3.63, 3.8) is 0 Å². The molecule has 1 fully saturated rings. The highest BCUT2D eigenvalue weighted by Crippen LogP contribution is 2.37. The Bertz CT molecular complexity index is 494. The molecule has 1 aliphatic carbocycles. The fourth-order valence-corrected chi connectivity index (χ4v) is 2.67. The highest BCUT2D eigenvalue weighted by Gasteiger charge is 2.44. The molecule has 88 valence electrons. The molecule has 2 atom stereocenters. The van der Waals surface area contributed by atoms with E-state index in [1.54, 1.807) is 24.3 Å². The zero-order valence-corrected chi connectivity index (χ0v) is 10.1. The van der Waals surface area contributed by atoms with Crippen molar-refractivity contribution in [2.45, 2.75) is 24.8 Å². The van der Waals surface area contributed by atoms with Gasteiger partial charge in [0.25, 0.3) is 0 Å². The molecule has 2 N–H and O–H groups in total. The third-order valence-electron chi connectivity index (χ3n) is 3.33. The molecule has 1 aliphatic rings. The molecule has 2 rings (SSSR count). The minimum absolute atomic E-state index is 0.209. The summed E-state index contributed by atoms with van der Waals surface area (Å²) in [6.45, 7) is 0. The van der Waals surface area contributed by atoms with Crippen LogP contribution in [0.3, 0.4) is 0 Å². The second-order valence-electron chi connectivity index (χ2n) is 4.39. The molecule has 0 aliphatic heterocycles. The number of rotatable bonds is 1. The first-order valence-electron chi connectivity index (χ1n) is 5.57. The quantitative estimate of drug-likeness (QED) is 0.830. The van der Waals surface area contributed by atoms with Crippen molar-refractivity contribution in [1.82, 2.24) is 0 Å². The maximum Gasteiger partial charge on any atom is 0.174 e. The van der Waals surface area contributed by atoms with Crippen LogP contribution in [0.5, 0.6) is 0 Å². The zero-order valence-electron chi connectivity index (χ0n) is 9.32. The summed E-state index contributed by atoms with van der Waals surface area (Å²) >= 11 is 6.09. The van der Waals surface area contributed by atoms with Gasteiger partial charge in [-0.1, -0.05) is 29.8 Å². The van der Waals surface area contributed by atoms with Gasteiger partial charge in [0, 0.05) is 5.02 Å². The van der Waals surface area contributed by atoms with Crippen molar-refractivity contribution in [3.8, 4) is 6.07 Å². The van der Waals surface area contributed by atoms with Crippen LogP contribution in [-0.4, -0.2) is 5.78 Å². The molecule has 1 saturated carbocycles. The first-order chi connectivity index (χ1) is 8.09. The number of ketones is 1. The fraction of sp³-hybridized carbons (Fsp3) is 0.385. The van der Waals surface area contributed by atoms with Gasteiger partial charge in [-0.2, -0.15) is 5.26 Å². The standard InChI is InChI=1S/C13H13ClN2O/c14-11-6-2-1-5-10(11)13(16)7-3-4-9(8-15)12(13)17/h1-2,5-6,9H,3-4,7,16H2. The number of hydrogen-bond acceptors (Lipinski definition) is 3. The van der Waals surface area contributed by atoms with E-state index in [0.29, 0.717) is 23.4 Å². The molecule has 1 aromatic carbocycles. The van der Waals surface area contributed by atoms with E-state index in [9.17, 15) is 4.79 Å². The van der Waals surface area contributed by atoms with Crippen LogP contribution < -0.4 is 5.73 Å². The number of benzene rings is 1. The number of carbonyl (C=O) groups excluding carboxylic acids is 1. The van der Waals surface area contributed by atoms with E-state index in [-0.39, 0.29) is 5.78 Å². The summed E-state index contributed by atoms with van der Waals surface area (Å²) in [7, 11) is 0. The number of nitrogens with two attached hydrogens (primary N) is 1. The van der Waals surface area contributed by atoms with Crippen molar-refractivity contribution in [2.24, 2.45) is 11.7 Å². The first kappa shape index (κ1) is 12.1. The lowest BCUT2D eigenvalue weighted by Crippen LogP contribution is -2.50. The van der Waals surface area contributed by atoms with Crippen LogP contribution in [0.4, 0.5) is 0 Å². The molecule has 3 nitrogen and oxygen atoms in total. The number of halogens is 1. The maximum atomic E-state index is 12.2. The first-order valence-corrected chi connectivity index (χ1v) is 5.95. The number of carbonyl (C=O) groups is 1. The molecule has 0 aromatic heterocycles.